The normalized spacial score (nSPS) is 14.1. The summed E-state index contributed by atoms with van der Waals surface area (Å²) in [6, 6.07) is 15.7. The molecule has 0 saturated heterocycles. The van der Waals surface area contributed by atoms with Gasteiger partial charge in [0.1, 0.15) is 19.1 Å². The zero-order chi connectivity index (χ0) is 18.1. The van der Waals surface area contributed by atoms with Crippen LogP contribution in [-0.2, 0) is 6.67 Å². The number of halogens is 1. The minimum absolute atomic E-state index is 0.0173. The lowest BCUT2D eigenvalue weighted by Gasteiger charge is -2.25. The van der Waals surface area contributed by atoms with Crippen LogP contribution in [0.2, 0.25) is 0 Å². The molecule has 0 bridgehead atoms. The van der Waals surface area contributed by atoms with Crippen LogP contribution in [0.3, 0.4) is 0 Å². The van der Waals surface area contributed by atoms with Gasteiger partial charge in [0.05, 0.1) is 11.6 Å². The molecule has 0 radical (unpaired) electrons. The molecular formula is C19H16BrN3O2S. The van der Waals surface area contributed by atoms with Gasteiger partial charge in [0.2, 0.25) is 0 Å². The predicted molar refractivity (Wildman–Crippen MR) is 107 cm³/mol. The van der Waals surface area contributed by atoms with E-state index in [2.05, 4.69) is 25.8 Å². The van der Waals surface area contributed by atoms with Gasteiger partial charge in [-0.1, -0.05) is 45.5 Å². The molecule has 26 heavy (non-hydrogen) atoms. The minimum Gasteiger partial charge on any atom is -0.497 e. The molecule has 0 N–H and O–H groups in total. The van der Waals surface area contributed by atoms with E-state index in [1.165, 1.54) is 11.3 Å². The largest absolute Gasteiger partial charge is 0.497 e. The van der Waals surface area contributed by atoms with E-state index < -0.39 is 0 Å². The summed E-state index contributed by atoms with van der Waals surface area (Å²) in [5.41, 5.74) is 1.95. The van der Waals surface area contributed by atoms with Crippen molar-refractivity contribution in [1.82, 2.24) is 4.57 Å². The summed E-state index contributed by atoms with van der Waals surface area (Å²) < 4.78 is 8.65. The van der Waals surface area contributed by atoms with E-state index in [-0.39, 0.29) is 5.56 Å². The molecule has 0 saturated carbocycles. The second-order valence-corrected chi connectivity index (χ2v) is 7.79. The first-order valence-electron chi connectivity index (χ1n) is 8.04. The van der Waals surface area contributed by atoms with Crippen LogP contribution in [0.25, 0.3) is 6.08 Å². The first-order valence-corrected chi connectivity index (χ1v) is 9.65. The molecule has 0 fully saturated rings. The van der Waals surface area contributed by atoms with Gasteiger partial charge in [0, 0.05) is 10.2 Å². The highest BCUT2D eigenvalue weighted by Gasteiger charge is 2.16. The van der Waals surface area contributed by atoms with Crippen molar-refractivity contribution in [2.24, 2.45) is 4.99 Å². The Morgan fingerprint density at radius 3 is 2.88 bits per heavy atom. The standard InChI is InChI=1S/C19H16BrN3O2S/c1-25-16-7-2-4-13(8-16)9-17-18(24)23-12-22(11-21-19(23)26-17)15-6-3-5-14(20)10-15/h2-10H,11-12H2,1H3. The second kappa shape index (κ2) is 7.09. The number of ether oxygens (including phenoxy) is 1. The highest BCUT2D eigenvalue weighted by molar-refractivity contribution is 9.10. The first kappa shape index (κ1) is 17.1. The Kier molecular flexibility index (Phi) is 4.65. The molecule has 1 aliphatic heterocycles. The molecule has 1 aliphatic rings. The van der Waals surface area contributed by atoms with Gasteiger partial charge >= 0.3 is 0 Å². The topological polar surface area (TPSA) is 46.8 Å². The number of anilines is 1. The van der Waals surface area contributed by atoms with Crippen LogP contribution in [0.5, 0.6) is 5.75 Å². The molecule has 1 aromatic heterocycles. The highest BCUT2D eigenvalue weighted by Crippen LogP contribution is 2.20. The summed E-state index contributed by atoms with van der Waals surface area (Å²) in [4.78, 5) is 20.2. The Labute approximate surface area is 162 Å². The van der Waals surface area contributed by atoms with E-state index in [0.717, 1.165) is 26.3 Å². The maximum atomic E-state index is 12.8. The number of aromatic nitrogens is 1. The van der Waals surface area contributed by atoms with Crippen LogP contribution in [0.15, 0.2) is 62.8 Å². The minimum atomic E-state index is -0.0173. The third-order valence-electron chi connectivity index (χ3n) is 4.14. The lowest BCUT2D eigenvalue weighted by Crippen LogP contribution is -2.42. The van der Waals surface area contributed by atoms with Gasteiger partial charge in [-0.05, 0) is 42.0 Å². The zero-order valence-electron chi connectivity index (χ0n) is 14.1. The molecule has 4 rings (SSSR count). The van der Waals surface area contributed by atoms with E-state index >= 15 is 0 Å². The second-order valence-electron chi connectivity index (χ2n) is 5.86. The lowest BCUT2D eigenvalue weighted by molar-refractivity contribution is 0.414. The average Bonchev–Trinajstić information content (AvgIpc) is 2.97. The molecule has 3 aromatic rings. The molecule has 0 amide bonds. The van der Waals surface area contributed by atoms with Gasteiger partial charge in [0.15, 0.2) is 4.80 Å². The Balaban J connectivity index is 1.71. The summed E-state index contributed by atoms with van der Waals surface area (Å²) in [6.45, 7) is 1.03. The molecule has 2 aromatic carbocycles. The smallest absolute Gasteiger partial charge is 0.271 e. The summed E-state index contributed by atoms with van der Waals surface area (Å²) in [5, 5.41) is 0. The number of methoxy groups -OCH3 is 1. The SMILES string of the molecule is COc1cccc(C=c2sc3n(c2=O)CN(c2cccc(Br)c2)CN=3)c1. The highest BCUT2D eigenvalue weighted by atomic mass is 79.9. The molecular weight excluding hydrogens is 414 g/mol. The third-order valence-corrected chi connectivity index (χ3v) is 5.68. The van der Waals surface area contributed by atoms with Crippen molar-refractivity contribution >= 4 is 39.0 Å². The van der Waals surface area contributed by atoms with E-state index in [9.17, 15) is 4.79 Å². The summed E-state index contributed by atoms with van der Waals surface area (Å²) in [6.07, 6.45) is 1.89. The van der Waals surface area contributed by atoms with Crippen molar-refractivity contribution < 1.29 is 4.74 Å². The quantitative estimate of drug-likeness (QED) is 0.642. The Bertz CT molecular complexity index is 1140. The summed E-state index contributed by atoms with van der Waals surface area (Å²) in [7, 11) is 1.63. The number of thiazole rings is 1. The Morgan fingerprint density at radius 1 is 1.23 bits per heavy atom. The van der Waals surface area contributed by atoms with Gasteiger partial charge in [-0.3, -0.25) is 9.36 Å². The number of benzene rings is 2. The summed E-state index contributed by atoms with van der Waals surface area (Å²) >= 11 is 4.91. The van der Waals surface area contributed by atoms with E-state index in [0.29, 0.717) is 17.9 Å². The van der Waals surface area contributed by atoms with Crippen LogP contribution in [0.4, 0.5) is 5.69 Å². The maximum Gasteiger partial charge on any atom is 0.271 e. The van der Waals surface area contributed by atoms with E-state index in [4.69, 9.17) is 4.74 Å². The van der Waals surface area contributed by atoms with Crippen LogP contribution < -0.4 is 24.5 Å². The fourth-order valence-electron chi connectivity index (χ4n) is 2.83. The van der Waals surface area contributed by atoms with E-state index in [1.807, 2.05) is 54.6 Å². The zero-order valence-corrected chi connectivity index (χ0v) is 16.5. The Hall–Kier alpha value is -2.38. The van der Waals surface area contributed by atoms with Crippen molar-refractivity contribution in [2.75, 3.05) is 18.7 Å². The van der Waals surface area contributed by atoms with Crippen LogP contribution in [0.1, 0.15) is 5.56 Å². The van der Waals surface area contributed by atoms with Crippen LogP contribution in [-0.4, -0.2) is 18.3 Å². The Morgan fingerprint density at radius 2 is 2.08 bits per heavy atom. The number of nitrogens with zero attached hydrogens (tertiary/aromatic N) is 3. The number of rotatable bonds is 3. The predicted octanol–water partition coefficient (Wildman–Crippen LogP) is 2.56. The van der Waals surface area contributed by atoms with Gasteiger partial charge in [-0.15, -0.1) is 0 Å². The van der Waals surface area contributed by atoms with Crippen molar-refractivity contribution in [2.45, 2.75) is 6.67 Å². The number of hydrogen-bond acceptors (Lipinski definition) is 5. The monoisotopic (exact) mass is 429 g/mol. The molecule has 132 valence electrons. The first-order chi connectivity index (χ1) is 12.6. The maximum absolute atomic E-state index is 12.8. The van der Waals surface area contributed by atoms with Crippen LogP contribution >= 0.6 is 27.3 Å². The van der Waals surface area contributed by atoms with Crippen molar-refractivity contribution in [1.29, 1.82) is 0 Å². The number of fused-ring (bicyclic) bond motifs is 1. The molecule has 0 atom stereocenters. The van der Waals surface area contributed by atoms with E-state index in [1.54, 1.807) is 11.7 Å². The molecule has 5 nitrogen and oxygen atoms in total. The van der Waals surface area contributed by atoms with Gasteiger partial charge < -0.3 is 9.64 Å². The van der Waals surface area contributed by atoms with Crippen molar-refractivity contribution in [3.63, 3.8) is 0 Å². The molecule has 0 unspecified atom stereocenters. The average molecular weight is 430 g/mol. The number of hydrogen-bond donors (Lipinski definition) is 0. The fourth-order valence-corrected chi connectivity index (χ4v) is 4.18. The molecule has 7 heteroatoms. The van der Waals surface area contributed by atoms with Gasteiger partial charge in [0.25, 0.3) is 5.56 Å². The van der Waals surface area contributed by atoms with Crippen LogP contribution in [0, 0.1) is 0 Å². The molecule has 0 aliphatic carbocycles. The van der Waals surface area contributed by atoms with Gasteiger partial charge in [-0.2, -0.15) is 0 Å². The fraction of sp³-hybridized carbons (Fsp3) is 0.158. The van der Waals surface area contributed by atoms with Gasteiger partial charge in [-0.25, -0.2) is 4.99 Å². The van der Waals surface area contributed by atoms with Crippen molar-refractivity contribution in [3.8, 4) is 5.75 Å². The molecule has 0 spiro atoms. The van der Waals surface area contributed by atoms with Crippen molar-refractivity contribution in [3.05, 3.63) is 78.3 Å². The third kappa shape index (κ3) is 3.32. The molecule has 2 heterocycles. The lowest BCUT2D eigenvalue weighted by atomic mass is 10.2. The summed E-state index contributed by atoms with van der Waals surface area (Å²) in [5.74, 6) is 0.769.